The van der Waals surface area contributed by atoms with Gasteiger partial charge in [0.1, 0.15) is 0 Å². The highest BCUT2D eigenvalue weighted by Gasteiger charge is 2.37. The van der Waals surface area contributed by atoms with Gasteiger partial charge in [0.05, 0.1) is 6.10 Å². The minimum Gasteiger partial charge on any atom is -0.377 e. The van der Waals surface area contributed by atoms with Crippen molar-refractivity contribution in [3.63, 3.8) is 0 Å². The molecule has 0 amide bonds. The first-order chi connectivity index (χ1) is 10.0. The number of hydrogen-bond acceptors (Lipinski definition) is 3. The van der Waals surface area contributed by atoms with E-state index in [4.69, 9.17) is 4.74 Å². The number of piperidine rings is 1. The van der Waals surface area contributed by atoms with Crippen LogP contribution in [0.2, 0.25) is 0 Å². The van der Waals surface area contributed by atoms with Gasteiger partial charge in [-0.2, -0.15) is 0 Å². The molecule has 3 heteroatoms. The summed E-state index contributed by atoms with van der Waals surface area (Å²) >= 11 is 0. The van der Waals surface area contributed by atoms with E-state index in [0.717, 1.165) is 25.1 Å². The Morgan fingerprint density at radius 2 is 1.76 bits per heavy atom. The Labute approximate surface area is 130 Å². The van der Waals surface area contributed by atoms with Crippen molar-refractivity contribution in [3.8, 4) is 0 Å². The molecule has 2 atom stereocenters. The summed E-state index contributed by atoms with van der Waals surface area (Å²) in [6, 6.07) is 0.738. The predicted molar refractivity (Wildman–Crippen MR) is 87.5 cm³/mol. The lowest BCUT2D eigenvalue weighted by Crippen LogP contribution is -2.46. The molecule has 122 valence electrons. The molecule has 0 aromatic heterocycles. The molecule has 2 heterocycles. The molecule has 0 aromatic rings. The first kappa shape index (κ1) is 15.8. The number of nitrogens with one attached hydrogen (secondary N) is 1. The highest BCUT2D eigenvalue weighted by Crippen LogP contribution is 2.34. The molecule has 0 aromatic carbocycles. The molecule has 3 nitrogen and oxygen atoms in total. The maximum Gasteiger partial charge on any atom is 0.0664 e. The molecule has 1 N–H and O–H groups in total. The number of ether oxygens (including phenoxy) is 1. The first-order valence-electron chi connectivity index (χ1n) is 9.10. The molecular weight excluding hydrogens is 260 g/mol. The Hall–Kier alpha value is -0.120. The quantitative estimate of drug-likeness (QED) is 0.844. The zero-order valence-corrected chi connectivity index (χ0v) is 14.2. The number of likely N-dealkylation sites (tertiary alicyclic amines) is 1. The van der Waals surface area contributed by atoms with E-state index in [1.54, 1.807) is 0 Å². The minimum atomic E-state index is 0.274. The summed E-state index contributed by atoms with van der Waals surface area (Å²) < 4.78 is 5.99. The van der Waals surface area contributed by atoms with E-state index in [1.165, 1.54) is 51.7 Å². The van der Waals surface area contributed by atoms with Crippen LogP contribution in [0, 0.1) is 17.3 Å². The molecule has 0 unspecified atom stereocenters. The van der Waals surface area contributed by atoms with E-state index >= 15 is 0 Å². The van der Waals surface area contributed by atoms with Crippen LogP contribution in [-0.2, 0) is 4.74 Å². The lowest BCUT2D eigenvalue weighted by atomic mass is 9.81. The van der Waals surface area contributed by atoms with Crippen LogP contribution in [-0.4, -0.2) is 49.8 Å². The maximum absolute atomic E-state index is 5.99. The van der Waals surface area contributed by atoms with Crippen LogP contribution in [0.3, 0.4) is 0 Å². The summed E-state index contributed by atoms with van der Waals surface area (Å²) in [7, 11) is 0. The number of nitrogens with zero attached hydrogens (tertiary/aromatic N) is 1. The molecular formula is C18H34N2O. The van der Waals surface area contributed by atoms with Crippen molar-refractivity contribution < 1.29 is 4.74 Å². The van der Waals surface area contributed by atoms with E-state index < -0.39 is 0 Å². The average Bonchev–Trinajstić information content (AvgIpc) is 3.11. The van der Waals surface area contributed by atoms with Gasteiger partial charge in [0.15, 0.2) is 0 Å². The van der Waals surface area contributed by atoms with Crippen molar-refractivity contribution in [2.75, 3.05) is 32.8 Å². The summed E-state index contributed by atoms with van der Waals surface area (Å²) in [5.74, 6) is 1.74. The molecule has 2 aliphatic heterocycles. The Morgan fingerprint density at radius 1 is 1.05 bits per heavy atom. The van der Waals surface area contributed by atoms with Gasteiger partial charge in [-0.1, -0.05) is 20.8 Å². The molecule has 1 saturated carbocycles. The third kappa shape index (κ3) is 4.43. The second-order valence-corrected chi connectivity index (χ2v) is 8.63. The molecule has 0 radical (unpaired) electrons. The lowest BCUT2D eigenvalue weighted by molar-refractivity contribution is 0.00636. The fourth-order valence-electron chi connectivity index (χ4n) is 4.10. The van der Waals surface area contributed by atoms with Gasteiger partial charge >= 0.3 is 0 Å². The van der Waals surface area contributed by atoms with Gasteiger partial charge in [-0.3, -0.25) is 0 Å². The summed E-state index contributed by atoms with van der Waals surface area (Å²) in [5, 5.41) is 3.85. The molecule has 0 spiro atoms. The van der Waals surface area contributed by atoms with Gasteiger partial charge in [-0.25, -0.2) is 0 Å². The molecule has 0 bridgehead atoms. The van der Waals surface area contributed by atoms with Crippen LogP contribution in [0.25, 0.3) is 0 Å². The number of rotatable bonds is 5. The van der Waals surface area contributed by atoms with Crippen LogP contribution in [0.15, 0.2) is 0 Å². The van der Waals surface area contributed by atoms with Crippen LogP contribution >= 0.6 is 0 Å². The van der Waals surface area contributed by atoms with Gasteiger partial charge in [0.2, 0.25) is 0 Å². The summed E-state index contributed by atoms with van der Waals surface area (Å²) in [4.78, 5) is 2.69. The maximum atomic E-state index is 5.99. The van der Waals surface area contributed by atoms with Crippen molar-refractivity contribution in [1.29, 1.82) is 0 Å². The first-order valence-corrected chi connectivity index (χ1v) is 9.10. The molecule has 2 saturated heterocycles. The fourth-order valence-corrected chi connectivity index (χ4v) is 4.10. The number of hydrogen-bond donors (Lipinski definition) is 1. The summed E-state index contributed by atoms with van der Waals surface area (Å²) in [5.41, 5.74) is 0.274. The molecule has 3 rings (SSSR count). The Morgan fingerprint density at radius 3 is 2.38 bits per heavy atom. The Kier molecular flexibility index (Phi) is 4.92. The van der Waals surface area contributed by atoms with Gasteiger partial charge in [-0.15, -0.1) is 0 Å². The van der Waals surface area contributed by atoms with Gasteiger partial charge in [0.25, 0.3) is 0 Å². The monoisotopic (exact) mass is 294 g/mol. The topological polar surface area (TPSA) is 24.5 Å². The largest absolute Gasteiger partial charge is 0.377 e. The zero-order chi connectivity index (χ0) is 14.9. The molecule has 3 aliphatic rings. The molecule has 1 aliphatic carbocycles. The summed E-state index contributed by atoms with van der Waals surface area (Å²) in [6.07, 6.45) is 7.29. The second kappa shape index (κ2) is 6.55. The van der Waals surface area contributed by atoms with E-state index in [-0.39, 0.29) is 5.41 Å². The standard InChI is InChI=1S/C18H34N2O/c1-18(2,3)17-15(8-11-21-17)12-19-16-6-9-20(10-7-16)13-14-4-5-14/h14-17,19H,4-13H2,1-3H3/t15-,17+/m1/s1. The van der Waals surface area contributed by atoms with Crippen LogP contribution in [0.4, 0.5) is 0 Å². The fraction of sp³-hybridized carbons (Fsp3) is 1.00. The summed E-state index contributed by atoms with van der Waals surface area (Å²) in [6.45, 7) is 13.0. The third-order valence-corrected chi connectivity index (χ3v) is 5.54. The van der Waals surface area contributed by atoms with Crippen LogP contribution in [0.1, 0.15) is 52.9 Å². The minimum absolute atomic E-state index is 0.274. The van der Waals surface area contributed by atoms with Gasteiger partial charge in [0, 0.05) is 31.7 Å². The lowest BCUT2D eigenvalue weighted by Gasteiger charge is -2.35. The van der Waals surface area contributed by atoms with Crippen molar-refractivity contribution in [2.24, 2.45) is 17.3 Å². The zero-order valence-electron chi connectivity index (χ0n) is 14.2. The SMILES string of the molecule is CC(C)(C)[C@H]1OCC[C@@H]1CNC1CCN(CC2CC2)CC1. The third-order valence-electron chi connectivity index (χ3n) is 5.54. The molecule has 3 fully saturated rings. The Bertz CT molecular complexity index is 327. The highest BCUT2D eigenvalue weighted by molar-refractivity contribution is 4.88. The Balaban J connectivity index is 1.37. The van der Waals surface area contributed by atoms with Crippen LogP contribution < -0.4 is 5.32 Å². The van der Waals surface area contributed by atoms with E-state index in [9.17, 15) is 0 Å². The average molecular weight is 294 g/mol. The molecule has 21 heavy (non-hydrogen) atoms. The van der Waals surface area contributed by atoms with Crippen LogP contribution in [0.5, 0.6) is 0 Å². The van der Waals surface area contributed by atoms with Crippen molar-refractivity contribution >= 4 is 0 Å². The van der Waals surface area contributed by atoms with Gasteiger partial charge < -0.3 is 15.0 Å². The van der Waals surface area contributed by atoms with E-state index in [0.29, 0.717) is 12.0 Å². The smallest absolute Gasteiger partial charge is 0.0664 e. The second-order valence-electron chi connectivity index (χ2n) is 8.63. The van der Waals surface area contributed by atoms with Crippen molar-refractivity contribution in [2.45, 2.75) is 65.0 Å². The van der Waals surface area contributed by atoms with E-state index in [1.807, 2.05) is 0 Å². The highest BCUT2D eigenvalue weighted by atomic mass is 16.5. The van der Waals surface area contributed by atoms with Crippen molar-refractivity contribution in [3.05, 3.63) is 0 Å². The van der Waals surface area contributed by atoms with E-state index in [2.05, 4.69) is 31.0 Å². The van der Waals surface area contributed by atoms with Crippen molar-refractivity contribution in [1.82, 2.24) is 10.2 Å². The normalized spacial score (nSPS) is 32.7. The van der Waals surface area contributed by atoms with Gasteiger partial charge in [-0.05, 0) is 56.5 Å². The predicted octanol–water partition coefficient (Wildman–Crippen LogP) is 2.90.